The van der Waals surface area contributed by atoms with Crippen molar-refractivity contribution in [2.75, 3.05) is 0 Å². The van der Waals surface area contributed by atoms with Crippen molar-refractivity contribution in [2.24, 2.45) is 16.2 Å². The van der Waals surface area contributed by atoms with E-state index >= 15 is 0 Å². The Balaban J connectivity index is 2.89. The Labute approximate surface area is 92.7 Å². The monoisotopic (exact) mass is 339 g/mol. The number of hydrogen-bond donors (Lipinski definition) is 1. The van der Waals surface area contributed by atoms with Gasteiger partial charge in [0.05, 0.1) is 6.54 Å². The van der Waals surface area contributed by atoms with E-state index in [0.717, 1.165) is 10.0 Å². The Hall–Kier alpha value is -0.170. The maximum Gasteiger partial charge on any atom is 0.0881 e. The Morgan fingerprint density at radius 1 is 1.50 bits per heavy atom. The first-order chi connectivity index (χ1) is 5.74. The molecule has 0 spiro atoms. The van der Waals surface area contributed by atoms with Gasteiger partial charge in [0.1, 0.15) is 0 Å². The number of halogens is 2. The Morgan fingerprint density at radius 3 is 2.92 bits per heavy atom. The van der Waals surface area contributed by atoms with E-state index in [1.807, 2.05) is 18.2 Å². The summed E-state index contributed by atoms with van der Waals surface area (Å²) in [7, 11) is 0. The zero-order chi connectivity index (χ0) is 8.97. The van der Waals surface area contributed by atoms with Gasteiger partial charge in [0.2, 0.25) is 0 Å². The second kappa shape index (κ2) is 4.76. The molecule has 0 heterocycles. The first-order valence-corrected chi connectivity index (χ1v) is 5.12. The third-order valence-corrected chi connectivity index (χ3v) is 2.88. The maximum atomic E-state index is 4.91. The molecule has 0 saturated heterocycles. The summed E-state index contributed by atoms with van der Waals surface area (Å²) in [6.45, 7) is 0.536. The number of nitrogens with two attached hydrogens (primary N) is 1. The van der Waals surface area contributed by atoms with Gasteiger partial charge in [-0.1, -0.05) is 21.2 Å². The molecule has 0 radical (unpaired) electrons. The molecule has 0 amide bonds. The zero-order valence-electron chi connectivity index (χ0n) is 6.17. The van der Waals surface area contributed by atoms with Crippen LogP contribution in [-0.4, -0.2) is 0 Å². The van der Waals surface area contributed by atoms with Crippen molar-refractivity contribution in [3.63, 3.8) is 0 Å². The van der Waals surface area contributed by atoms with Gasteiger partial charge in [-0.3, -0.25) is 0 Å². The van der Waals surface area contributed by atoms with Crippen LogP contribution in [0, 0.1) is 3.57 Å². The highest BCUT2D eigenvalue weighted by Gasteiger charge is 1.98. The fourth-order valence-corrected chi connectivity index (χ4v) is 1.70. The quantitative estimate of drug-likeness (QED) is 0.383. The molecule has 0 saturated carbocycles. The van der Waals surface area contributed by atoms with Crippen LogP contribution in [0.4, 0.5) is 0 Å². The average molecular weight is 340 g/mol. The van der Waals surface area contributed by atoms with E-state index in [2.05, 4.69) is 48.9 Å². The minimum Gasteiger partial charge on any atom is -0.305 e. The average Bonchev–Trinajstić information content (AvgIpc) is 2.07. The van der Waals surface area contributed by atoms with Gasteiger partial charge in [-0.25, -0.2) is 0 Å². The standard InChI is InChI=1S/C7H7BrIN3/c8-6-1-2-7(9)5(3-6)4-11-12-10/h1-3H,4H2,(H2,10,11). The van der Waals surface area contributed by atoms with E-state index in [0.29, 0.717) is 6.54 Å². The van der Waals surface area contributed by atoms with Crippen LogP contribution in [0.15, 0.2) is 33.0 Å². The van der Waals surface area contributed by atoms with E-state index in [1.54, 1.807) is 0 Å². The largest absolute Gasteiger partial charge is 0.305 e. The van der Waals surface area contributed by atoms with Crippen molar-refractivity contribution in [2.45, 2.75) is 6.54 Å². The molecular weight excluding hydrogens is 333 g/mol. The van der Waals surface area contributed by atoms with E-state index in [1.165, 1.54) is 3.57 Å². The number of benzene rings is 1. The van der Waals surface area contributed by atoms with Crippen LogP contribution in [0.1, 0.15) is 5.56 Å². The molecule has 0 aliphatic carbocycles. The van der Waals surface area contributed by atoms with Gasteiger partial charge in [-0.15, -0.1) is 0 Å². The Morgan fingerprint density at radius 2 is 2.25 bits per heavy atom. The first-order valence-electron chi connectivity index (χ1n) is 3.24. The lowest BCUT2D eigenvalue weighted by Gasteiger charge is -1.99. The molecule has 64 valence electrons. The fraction of sp³-hybridized carbons (Fsp3) is 0.143. The molecule has 0 aliphatic rings. The molecule has 2 N–H and O–H groups in total. The van der Waals surface area contributed by atoms with Gasteiger partial charge in [-0.2, -0.15) is 5.11 Å². The summed E-state index contributed by atoms with van der Waals surface area (Å²) in [4.78, 5) is 0. The van der Waals surface area contributed by atoms with Crippen LogP contribution in [0.3, 0.4) is 0 Å². The van der Waals surface area contributed by atoms with Crippen LogP contribution < -0.4 is 5.84 Å². The van der Waals surface area contributed by atoms with E-state index < -0.39 is 0 Å². The molecule has 1 rings (SSSR count). The minimum absolute atomic E-state index is 0.536. The zero-order valence-corrected chi connectivity index (χ0v) is 9.91. The third kappa shape index (κ3) is 2.71. The molecule has 5 heteroatoms. The second-order valence-corrected chi connectivity index (χ2v) is 4.23. The molecule has 12 heavy (non-hydrogen) atoms. The normalized spacial score (nSPS) is 10.8. The van der Waals surface area contributed by atoms with Crippen molar-refractivity contribution in [3.8, 4) is 0 Å². The summed E-state index contributed by atoms with van der Waals surface area (Å²) >= 11 is 5.63. The lowest BCUT2D eigenvalue weighted by molar-refractivity contribution is 0.888. The lowest BCUT2D eigenvalue weighted by atomic mass is 10.2. The van der Waals surface area contributed by atoms with Gasteiger partial charge in [0.25, 0.3) is 0 Å². The summed E-state index contributed by atoms with van der Waals surface area (Å²) in [6.07, 6.45) is 0. The van der Waals surface area contributed by atoms with E-state index in [9.17, 15) is 0 Å². The highest BCUT2D eigenvalue weighted by molar-refractivity contribution is 14.1. The van der Waals surface area contributed by atoms with Crippen LogP contribution in [-0.2, 0) is 6.54 Å². The highest BCUT2D eigenvalue weighted by Crippen LogP contribution is 2.18. The van der Waals surface area contributed by atoms with Crippen LogP contribution in [0.2, 0.25) is 0 Å². The second-order valence-electron chi connectivity index (χ2n) is 2.15. The fourth-order valence-electron chi connectivity index (χ4n) is 0.781. The van der Waals surface area contributed by atoms with Crippen molar-refractivity contribution in [1.82, 2.24) is 0 Å². The number of nitrogens with zero attached hydrogens (tertiary/aromatic N) is 2. The van der Waals surface area contributed by atoms with Gasteiger partial charge in [-0.05, 0) is 46.4 Å². The molecule has 0 atom stereocenters. The molecule has 0 unspecified atom stereocenters. The molecule has 0 aliphatic heterocycles. The highest BCUT2D eigenvalue weighted by atomic mass is 127. The van der Waals surface area contributed by atoms with Gasteiger partial charge in [0, 0.05) is 8.04 Å². The summed E-state index contributed by atoms with van der Waals surface area (Å²) in [5.74, 6) is 4.91. The first kappa shape index (κ1) is 9.91. The summed E-state index contributed by atoms with van der Waals surface area (Å²) in [5, 5.41) is 6.93. The molecule has 0 aromatic heterocycles. The summed E-state index contributed by atoms with van der Waals surface area (Å²) in [5.41, 5.74) is 1.12. The smallest absolute Gasteiger partial charge is 0.0881 e. The molecule has 0 bridgehead atoms. The van der Waals surface area contributed by atoms with Gasteiger partial charge >= 0.3 is 0 Å². The predicted octanol–water partition coefficient (Wildman–Crippen LogP) is 2.88. The molecular formula is C7H7BrIN3. The Bertz CT molecular complexity index is 301. The summed E-state index contributed by atoms with van der Waals surface area (Å²) in [6, 6.07) is 6.02. The van der Waals surface area contributed by atoms with E-state index in [-0.39, 0.29) is 0 Å². The van der Waals surface area contributed by atoms with Gasteiger partial charge in [0.15, 0.2) is 0 Å². The van der Waals surface area contributed by atoms with E-state index in [4.69, 9.17) is 5.84 Å². The topological polar surface area (TPSA) is 50.7 Å². The third-order valence-electron chi connectivity index (χ3n) is 1.33. The molecule has 1 aromatic carbocycles. The van der Waals surface area contributed by atoms with Crippen LogP contribution in [0.25, 0.3) is 0 Å². The van der Waals surface area contributed by atoms with Crippen molar-refractivity contribution in [1.29, 1.82) is 0 Å². The molecule has 3 nitrogen and oxygen atoms in total. The van der Waals surface area contributed by atoms with Crippen molar-refractivity contribution >= 4 is 38.5 Å². The minimum atomic E-state index is 0.536. The van der Waals surface area contributed by atoms with Crippen LogP contribution >= 0.6 is 38.5 Å². The number of rotatable bonds is 2. The maximum absolute atomic E-state index is 4.91. The predicted molar refractivity (Wildman–Crippen MR) is 59.6 cm³/mol. The molecule has 0 fully saturated rings. The lowest BCUT2D eigenvalue weighted by Crippen LogP contribution is -1.87. The number of hydrogen-bond acceptors (Lipinski definition) is 2. The van der Waals surface area contributed by atoms with Crippen molar-refractivity contribution in [3.05, 3.63) is 31.8 Å². The van der Waals surface area contributed by atoms with Crippen molar-refractivity contribution < 1.29 is 0 Å². The molecule has 1 aromatic rings. The SMILES string of the molecule is NN=NCc1cc(Br)ccc1I. The van der Waals surface area contributed by atoms with Gasteiger partial charge < -0.3 is 5.84 Å². The Kier molecular flexibility index (Phi) is 3.93. The summed E-state index contributed by atoms with van der Waals surface area (Å²) < 4.78 is 2.22. The van der Waals surface area contributed by atoms with Crippen LogP contribution in [0.5, 0.6) is 0 Å².